The summed E-state index contributed by atoms with van der Waals surface area (Å²) in [5, 5.41) is 8.24. The SMILES string of the molecule is Cc1nc(-c2ccccc2)n(CC(=O)NC(C)c2ccc(Cl)c(Cl)c2)n1. The van der Waals surface area contributed by atoms with E-state index in [4.69, 9.17) is 23.2 Å². The second kappa shape index (κ2) is 7.89. The molecule has 0 bridgehead atoms. The van der Waals surface area contributed by atoms with Gasteiger partial charge in [0, 0.05) is 5.56 Å². The van der Waals surface area contributed by atoms with Gasteiger partial charge < -0.3 is 5.32 Å². The van der Waals surface area contributed by atoms with Crippen LogP contribution in [0.15, 0.2) is 48.5 Å². The van der Waals surface area contributed by atoms with Gasteiger partial charge in [-0.25, -0.2) is 9.67 Å². The number of hydrogen-bond donors (Lipinski definition) is 1. The Bertz CT molecular complexity index is 925. The van der Waals surface area contributed by atoms with Crippen molar-refractivity contribution >= 4 is 29.1 Å². The molecule has 0 aliphatic rings. The number of amides is 1. The lowest BCUT2D eigenvalue weighted by molar-refractivity contribution is -0.122. The minimum Gasteiger partial charge on any atom is -0.348 e. The number of aromatic nitrogens is 3. The average molecular weight is 389 g/mol. The molecule has 1 aromatic heterocycles. The second-order valence-electron chi connectivity index (χ2n) is 5.97. The smallest absolute Gasteiger partial charge is 0.242 e. The first-order valence-corrected chi connectivity index (χ1v) is 8.91. The van der Waals surface area contributed by atoms with Crippen molar-refractivity contribution in [2.45, 2.75) is 26.4 Å². The van der Waals surface area contributed by atoms with E-state index in [2.05, 4.69) is 15.4 Å². The molecule has 0 saturated heterocycles. The third-order valence-electron chi connectivity index (χ3n) is 3.92. The highest BCUT2D eigenvalue weighted by Crippen LogP contribution is 2.25. The molecule has 2 aromatic carbocycles. The van der Waals surface area contributed by atoms with Crippen LogP contribution in [-0.2, 0) is 11.3 Å². The molecule has 7 heteroatoms. The van der Waals surface area contributed by atoms with Gasteiger partial charge in [-0.1, -0.05) is 59.6 Å². The monoisotopic (exact) mass is 388 g/mol. The van der Waals surface area contributed by atoms with Crippen LogP contribution in [0.4, 0.5) is 0 Å². The third kappa shape index (κ3) is 4.23. The molecule has 0 fully saturated rings. The minimum atomic E-state index is -0.206. The highest BCUT2D eigenvalue weighted by molar-refractivity contribution is 6.42. The lowest BCUT2D eigenvalue weighted by Gasteiger charge is -2.15. The van der Waals surface area contributed by atoms with E-state index in [1.165, 1.54) is 0 Å². The van der Waals surface area contributed by atoms with Gasteiger partial charge in [-0.2, -0.15) is 5.10 Å². The molecule has 0 aliphatic carbocycles. The molecule has 1 heterocycles. The largest absolute Gasteiger partial charge is 0.348 e. The van der Waals surface area contributed by atoms with Gasteiger partial charge >= 0.3 is 0 Å². The van der Waals surface area contributed by atoms with Crippen LogP contribution in [0.2, 0.25) is 10.0 Å². The van der Waals surface area contributed by atoms with Crippen LogP contribution in [0.1, 0.15) is 24.4 Å². The number of nitrogens with one attached hydrogen (secondary N) is 1. The van der Waals surface area contributed by atoms with Crippen LogP contribution < -0.4 is 5.32 Å². The molecule has 1 unspecified atom stereocenters. The molecule has 0 spiro atoms. The predicted molar refractivity (Wildman–Crippen MR) is 103 cm³/mol. The molecule has 1 atom stereocenters. The van der Waals surface area contributed by atoms with Crippen LogP contribution in [0.5, 0.6) is 0 Å². The normalized spacial score (nSPS) is 12.0. The van der Waals surface area contributed by atoms with Crippen LogP contribution in [0, 0.1) is 6.92 Å². The second-order valence-corrected chi connectivity index (χ2v) is 6.78. The molecule has 0 aliphatic heterocycles. The Morgan fingerprint density at radius 2 is 1.88 bits per heavy atom. The lowest BCUT2D eigenvalue weighted by Crippen LogP contribution is -2.30. The maximum atomic E-state index is 12.5. The van der Waals surface area contributed by atoms with Crippen molar-refractivity contribution in [1.29, 1.82) is 0 Å². The molecule has 5 nitrogen and oxygen atoms in total. The molecule has 26 heavy (non-hydrogen) atoms. The van der Waals surface area contributed by atoms with E-state index in [0.717, 1.165) is 11.1 Å². The summed E-state index contributed by atoms with van der Waals surface area (Å²) in [5.74, 6) is 1.13. The molecular formula is C19H18Cl2N4O. The van der Waals surface area contributed by atoms with Crippen LogP contribution in [0.3, 0.4) is 0 Å². The maximum Gasteiger partial charge on any atom is 0.242 e. The van der Waals surface area contributed by atoms with Gasteiger partial charge in [-0.3, -0.25) is 4.79 Å². The summed E-state index contributed by atoms with van der Waals surface area (Å²) in [7, 11) is 0. The highest BCUT2D eigenvalue weighted by Gasteiger charge is 2.15. The van der Waals surface area contributed by atoms with Crippen molar-refractivity contribution in [3.63, 3.8) is 0 Å². The summed E-state index contributed by atoms with van der Waals surface area (Å²) in [6.45, 7) is 3.78. The Hall–Kier alpha value is -2.37. The number of hydrogen-bond acceptors (Lipinski definition) is 3. The fraction of sp³-hybridized carbons (Fsp3) is 0.211. The van der Waals surface area contributed by atoms with Gasteiger partial charge in [0.1, 0.15) is 12.4 Å². The number of halogens is 2. The third-order valence-corrected chi connectivity index (χ3v) is 4.66. The number of benzene rings is 2. The Morgan fingerprint density at radius 3 is 2.58 bits per heavy atom. The van der Waals surface area contributed by atoms with Crippen LogP contribution >= 0.6 is 23.2 Å². The Morgan fingerprint density at radius 1 is 1.15 bits per heavy atom. The lowest BCUT2D eigenvalue weighted by atomic mass is 10.1. The van der Waals surface area contributed by atoms with Crippen LogP contribution in [0.25, 0.3) is 11.4 Å². The van der Waals surface area contributed by atoms with Crippen molar-refractivity contribution in [3.8, 4) is 11.4 Å². The van der Waals surface area contributed by atoms with Crippen molar-refractivity contribution in [1.82, 2.24) is 20.1 Å². The number of carbonyl (C=O) groups is 1. The zero-order chi connectivity index (χ0) is 18.7. The van der Waals surface area contributed by atoms with Gasteiger partial charge in [0.25, 0.3) is 0 Å². The van der Waals surface area contributed by atoms with Gasteiger partial charge in [0.2, 0.25) is 5.91 Å². The topological polar surface area (TPSA) is 59.8 Å². The zero-order valence-electron chi connectivity index (χ0n) is 14.4. The molecule has 3 rings (SSSR count). The highest BCUT2D eigenvalue weighted by atomic mass is 35.5. The molecule has 0 radical (unpaired) electrons. The van der Waals surface area contributed by atoms with Crippen molar-refractivity contribution < 1.29 is 4.79 Å². The van der Waals surface area contributed by atoms with E-state index in [9.17, 15) is 4.79 Å². The summed E-state index contributed by atoms with van der Waals surface area (Å²) in [4.78, 5) is 16.9. The number of carbonyl (C=O) groups excluding carboxylic acids is 1. The number of aryl methyl sites for hydroxylation is 1. The van der Waals surface area contributed by atoms with E-state index in [1.54, 1.807) is 23.7 Å². The van der Waals surface area contributed by atoms with E-state index >= 15 is 0 Å². The number of rotatable bonds is 5. The molecule has 1 N–H and O–H groups in total. The minimum absolute atomic E-state index is 0.0801. The first kappa shape index (κ1) is 18.4. The summed E-state index contributed by atoms with van der Waals surface area (Å²) in [5.41, 5.74) is 1.80. The summed E-state index contributed by atoms with van der Waals surface area (Å²) < 4.78 is 1.61. The zero-order valence-corrected chi connectivity index (χ0v) is 15.9. The van der Waals surface area contributed by atoms with Crippen molar-refractivity contribution in [3.05, 3.63) is 70.0 Å². The molecule has 1 amide bonds. The molecule has 0 saturated carbocycles. The molecular weight excluding hydrogens is 371 g/mol. The van der Waals surface area contributed by atoms with Crippen LogP contribution in [-0.4, -0.2) is 20.7 Å². The van der Waals surface area contributed by atoms with Gasteiger partial charge in [0.15, 0.2) is 5.82 Å². The Balaban J connectivity index is 1.73. The van der Waals surface area contributed by atoms with E-state index in [1.807, 2.05) is 43.3 Å². The molecule has 134 valence electrons. The summed E-state index contributed by atoms with van der Waals surface area (Å²) >= 11 is 12.0. The summed E-state index contributed by atoms with van der Waals surface area (Å²) in [6.07, 6.45) is 0. The predicted octanol–water partition coefficient (Wildman–Crippen LogP) is 4.44. The van der Waals surface area contributed by atoms with Gasteiger partial charge in [-0.05, 0) is 31.5 Å². The van der Waals surface area contributed by atoms with Crippen molar-refractivity contribution in [2.24, 2.45) is 0 Å². The fourth-order valence-electron chi connectivity index (χ4n) is 2.65. The Labute approximate surface area is 162 Å². The van der Waals surface area contributed by atoms with Gasteiger partial charge in [0.05, 0.1) is 16.1 Å². The van der Waals surface area contributed by atoms with E-state index < -0.39 is 0 Å². The fourth-order valence-corrected chi connectivity index (χ4v) is 2.96. The van der Waals surface area contributed by atoms with E-state index in [-0.39, 0.29) is 18.5 Å². The molecule has 3 aromatic rings. The first-order valence-electron chi connectivity index (χ1n) is 8.15. The first-order chi connectivity index (χ1) is 12.4. The Kier molecular flexibility index (Phi) is 5.59. The average Bonchev–Trinajstić information content (AvgIpc) is 2.98. The van der Waals surface area contributed by atoms with Gasteiger partial charge in [-0.15, -0.1) is 0 Å². The quantitative estimate of drug-likeness (QED) is 0.702. The maximum absolute atomic E-state index is 12.5. The van der Waals surface area contributed by atoms with Crippen molar-refractivity contribution in [2.75, 3.05) is 0 Å². The number of nitrogens with zero attached hydrogens (tertiary/aromatic N) is 3. The summed E-state index contributed by atoms with van der Waals surface area (Å²) in [6, 6.07) is 14.8. The standard InChI is InChI=1S/C19H18Cl2N4O/c1-12(15-8-9-16(20)17(21)10-15)22-18(26)11-25-19(23-13(2)24-25)14-6-4-3-5-7-14/h3-10,12H,11H2,1-2H3,(H,22,26). The van der Waals surface area contributed by atoms with E-state index in [0.29, 0.717) is 21.7 Å².